The fraction of sp³-hybridized carbons (Fsp3) is 1.00. The van der Waals surface area contributed by atoms with E-state index in [4.69, 9.17) is 5.11 Å². The topological polar surface area (TPSA) is 46.9 Å². The van der Waals surface area contributed by atoms with E-state index in [1.165, 1.54) is 0 Å². The Bertz CT molecular complexity index is 176. The largest absolute Gasteiger partial charge is 0.396 e. The third-order valence-electron chi connectivity index (χ3n) is 2.94. The second kappa shape index (κ2) is 6.43. The van der Waals surface area contributed by atoms with E-state index >= 15 is 0 Å². The van der Waals surface area contributed by atoms with E-state index in [1.807, 2.05) is 0 Å². The van der Waals surface area contributed by atoms with Gasteiger partial charge >= 0.3 is 0 Å². The monoisotopic (exact) mass is 216 g/mol. The van der Waals surface area contributed by atoms with E-state index in [1.54, 1.807) is 0 Å². The third kappa shape index (κ3) is 4.47. The summed E-state index contributed by atoms with van der Waals surface area (Å²) in [5.41, 5.74) is 0. The van der Waals surface area contributed by atoms with E-state index < -0.39 is 0 Å². The van der Waals surface area contributed by atoms with Gasteiger partial charge in [0.25, 0.3) is 0 Å². The maximum atomic E-state index is 9.63. The molecule has 0 saturated carbocycles. The summed E-state index contributed by atoms with van der Waals surface area (Å²) in [4.78, 5) is 4.52. The van der Waals surface area contributed by atoms with E-state index in [9.17, 15) is 5.11 Å². The van der Waals surface area contributed by atoms with Crippen molar-refractivity contribution < 1.29 is 10.2 Å². The maximum Gasteiger partial charge on any atom is 0.0682 e. The summed E-state index contributed by atoms with van der Waals surface area (Å²) in [6.45, 7) is 3.07. The highest BCUT2D eigenvalue weighted by Gasteiger charge is 2.30. The molecular weight excluding hydrogens is 192 g/mol. The maximum absolute atomic E-state index is 9.63. The summed E-state index contributed by atoms with van der Waals surface area (Å²) < 4.78 is 0. The molecule has 0 aliphatic carbocycles. The van der Waals surface area contributed by atoms with Gasteiger partial charge in [-0.15, -0.1) is 0 Å². The smallest absolute Gasteiger partial charge is 0.0682 e. The van der Waals surface area contributed by atoms with Gasteiger partial charge in [0.2, 0.25) is 0 Å². The number of rotatable bonds is 6. The molecular formula is C11H24N2O2. The highest BCUT2D eigenvalue weighted by Crippen LogP contribution is 2.18. The molecule has 90 valence electrons. The number of likely N-dealkylation sites (N-methyl/N-ethyl adjacent to an activating group) is 1. The quantitative estimate of drug-likeness (QED) is 0.601. The van der Waals surface area contributed by atoms with Crippen molar-refractivity contribution in [1.29, 1.82) is 0 Å². The Morgan fingerprint density at radius 1 is 1.33 bits per heavy atom. The molecule has 4 nitrogen and oxygen atoms in total. The van der Waals surface area contributed by atoms with Gasteiger partial charge in [-0.25, -0.2) is 0 Å². The molecule has 1 saturated heterocycles. The van der Waals surface area contributed by atoms with Crippen LogP contribution in [0.15, 0.2) is 0 Å². The van der Waals surface area contributed by atoms with Crippen LogP contribution >= 0.6 is 0 Å². The minimum Gasteiger partial charge on any atom is -0.396 e. The predicted molar refractivity (Wildman–Crippen MR) is 60.9 cm³/mol. The molecule has 0 spiro atoms. The lowest BCUT2D eigenvalue weighted by Gasteiger charge is -2.26. The SMILES string of the molecule is CN(C)CC1CC(O)CN1CCCCO. The summed E-state index contributed by atoms with van der Waals surface area (Å²) in [5.74, 6) is 0. The fourth-order valence-corrected chi connectivity index (χ4v) is 2.27. The molecule has 0 aromatic carbocycles. The van der Waals surface area contributed by atoms with Crippen LogP contribution in [0, 0.1) is 0 Å². The average Bonchev–Trinajstić information content (AvgIpc) is 2.46. The van der Waals surface area contributed by atoms with Crippen LogP contribution in [-0.4, -0.2) is 72.5 Å². The molecule has 2 unspecified atom stereocenters. The van der Waals surface area contributed by atoms with Gasteiger partial charge in [0.05, 0.1) is 6.10 Å². The van der Waals surface area contributed by atoms with Crippen LogP contribution < -0.4 is 0 Å². The molecule has 0 amide bonds. The molecule has 0 radical (unpaired) electrons. The van der Waals surface area contributed by atoms with Gasteiger partial charge in [-0.1, -0.05) is 0 Å². The number of nitrogens with zero attached hydrogens (tertiary/aromatic N) is 2. The van der Waals surface area contributed by atoms with Crippen LogP contribution in [0.5, 0.6) is 0 Å². The van der Waals surface area contributed by atoms with Gasteiger partial charge in [0.1, 0.15) is 0 Å². The molecule has 0 aromatic rings. The minimum absolute atomic E-state index is 0.163. The Labute approximate surface area is 92.5 Å². The first-order valence-electron chi connectivity index (χ1n) is 5.81. The van der Waals surface area contributed by atoms with E-state index in [-0.39, 0.29) is 12.7 Å². The number of likely N-dealkylation sites (tertiary alicyclic amines) is 1. The normalized spacial score (nSPS) is 27.8. The standard InChI is InChI=1S/C11H24N2O2/c1-12(2)8-10-7-11(15)9-13(10)5-3-4-6-14/h10-11,14-15H,3-9H2,1-2H3. The second-order valence-corrected chi connectivity index (χ2v) is 4.73. The Morgan fingerprint density at radius 2 is 2.07 bits per heavy atom. The van der Waals surface area contributed by atoms with E-state index in [0.29, 0.717) is 6.04 Å². The van der Waals surface area contributed by atoms with Crippen molar-refractivity contribution >= 4 is 0 Å². The van der Waals surface area contributed by atoms with Crippen molar-refractivity contribution in [2.24, 2.45) is 0 Å². The van der Waals surface area contributed by atoms with Gasteiger partial charge in [0, 0.05) is 25.7 Å². The van der Waals surface area contributed by atoms with Gasteiger partial charge in [-0.2, -0.15) is 0 Å². The fourth-order valence-electron chi connectivity index (χ4n) is 2.27. The molecule has 1 aliphatic heterocycles. The zero-order valence-corrected chi connectivity index (χ0v) is 9.89. The molecule has 2 atom stereocenters. The summed E-state index contributed by atoms with van der Waals surface area (Å²) >= 11 is 0. The van der Waals surface area contributed by atoms with Crippen LogP contribution in [0.3, 0.4) is 0 Å². The molecule has 1 heterocycles. The number of unbranched alkanes of at least 4 members (excludes halogenated alkanes) is 1. The molecule has 0 bridgehead atoms. The molecule has 0 aromatic heterocycles. The van der Waals surface area contributed by atoms with Crippen molar-refractivity contribution in [2.75, 3.05) is 40.3 Å². The summed E-state index contributed by atoms with van der Waals surface area (Å²) in [7, 11) is 4.13. The highest BCUT2D eigenvalue weighted by atomic mass is 16.3. The lowest BCUT2D eigenvalue weighted by atomic mass is 10.2. The highest BCUT2D eigenvalue weighted by molar-refractivity contribution is 4.86. The number of aliphatic hydroxyl groups excluding tert-OH is 2. The summed E-state index contributed by atoms with van der Waals surface area (Å²) in [6, 6.07) is 0.480. The zero-order chi connectivity index (χ0) is 11.3. The molecule has 1 rings (SSSR count). The molecule has 1 fully saturated rings. The summed E-state index contributed by atoms with van der Waals surface area (Å²) in [5, 5.41) is 18.4. The van der Waals surface area contributed by atoms with Crippen molar-refractivity contribution in [3.05, 3.63) is 0 Å². The first-order valence-corrected chi connectivity index (χ1v) is 5.81. The predicted octanol–water partition coefficient (Wildman–Crippen LogP) is -0.244. The number of hydrogen-bond donors (Lipinski definition) is 2. The Morgan fingerprint density at radius 3 is 2.67 bits per heavy atom. The van der Waals surface area contributed by atoms with Gasteiger partial charge in [-0.3, -0.25) is 4.90 Å². The lowest BCUT2D eigenvalue weighted by Crippen LogP contribution is -2.38. The van der Waals surface area contributed by atoms with Crippen LogP contribution in [0.1, 0.15) is 19.3 Å². The van der Waals surface area contributed by atoms with Crippen LogP contribution in [0.4, 0.5) is 0 Å². The van der Waals surface area contributed by atoms with Crippen molar-refractivity contribution in [1.82, 2.24) is 9.80 Å². The van der Waals surface area contributed by atoms with Crippen molar-refractivity contribution in [3.63, 3.8) is 0 Å². The number of aliphatic hydroxyl groups is 2. The van der Waals surface area contributed by atoms with Crippen molar-refractivity contribution in [2.45, 2.75) is 31.4 Å². The van der Waals surface area contributed by atoms with Crippen LogP contribution in [0.2, 0.25) is 0 Å². The van der Waals surface area contributed by atoms with E-state index in [2.05, 4.69) is 23.9 Å². The molecule has 4 heteroatoms. The summed E-state index contributed by atoms with van der Waals surface area (Å²) in [6.07, 6.45) is 2.61. The Hall–Kier alpha value is -0.160. The lowest BCUT2D eigenvalue weighted by molar-refractivity contribution is 0.169. The molecule has 2 N–H and O–H groups in total. The minimum atomic E-state index is -0.163. The number of β-amino-alcohol motifs (C(OH)–C–C–N with tert-alkyl or cyclic N) is 1. The number of hydrogen-bond acceptors (Lipinski definition) is 4. The second-order valence-electron chi connectivity index (χ2n) is 4.73. The Balaban J connectivity index is 2.31. The van der Waals surface area contributed by atoms with Gasteiger partial charge < -0.3 is 15.1 Å². The van der Waals surface area contributed by atoms with Crippen LogP contribution in [0.25, 0.3) is 0 Å². The van der Waals surface area contributed by atoms with E-state index in [0.717, 1.165) is 38.9 Å². The van der Waals surface area contributed by atoms with Crippen LogP contribution in [-0.2, 0) is 0 Å². The molecule has 15 heavy (non-hydrogen) atoms. The average molecular weight is 216 g/mol. The Kier molecular flexibility index (Phi) is 5.53. The first kappa shape index (κ1) is 12.9. The first-order chi connectivity index (χ1) is 7.13. The third-order valence-corrected chi connectivity index (χ3v) is 2.94. The van der Waals surface area contributed by atoms with Crippen molar-refractivity contribution in [3.8, 4) is 0 Å². The molecule has 1 aliphatic rings. The zero-order valence-electron chi connectivity index (χ0n) is 9.89. The van der Waals surface area contributed by atoms with Gasteiger partial charge in [-0.05, 0) is 39.9 Å². The van der Waals surface area contributed by atoms with Gasteiger partial charge in [0.15, 0.2) is 0 Å².